The molecule has 3 rings (SSSR count). The third-order valence-corrected chi connectivity index (χ3v) is 6.28. The Morgan fingerprint density at radius 2 is 1.70 bits per heavy atom. The molecule has 2 aromatic rings. The van der Waals surface area contributed by atoms with Gasteiger partial charge in [-0.15, -0.1) is 0 Å². The van der Waals surface area contributed by atoms with Crippen LogP contribution in [0.1, 0.15) is 26.3 Å². The molecule has 0 saturated heterocycles. The first kappa shape index (κ1) is 13.7. The fraction of sp³-hybridized carbons (Fsp3) is 0.222. The first-order chi connectivity index (χ1) is 9.53. The zero-order valence-electron chi connectivity index (χ0n) is 12.1. The van der Waals surface area contributed by atoms with Crippen LogP contribution in [-0.4, -0.2) is 26.5 Å². The van der Waals surface area contributed by atoms with E-state index in [1.54, 1.807) is 0 Å². The van der Waals surface area contributed by atoms with E-state index in [-0.39, 0.29) is 26.5 Å². The van der Waals surface area contributed by atoms with Crippen LogP contribution in [-0.2, 0) is 0 Å². The molecule has 1 nitrogen and oxygen atoms in total. The van der Waals surface area contributed by atoms with Crippen molar-refractivity contribution >= 4 is 39.4 Å². The Morgan fingerprint density at radius 3 is 2.45 bits per heavy atom. The summed E-state index contributed by atoms with van der Waals surface area (Å²) < 4.78 is 2.98. The Morgan fingerprint density at radius 1 is 0.950 bits per heavy atom. The van der Waals surface area contributed by atoms with E-state index in [1.165, 1.54) is 24.0 Å². The van der Waals surface area contributed by atoms with Gasteiger partial charge in [-0.1, -0.05) is 0 Å². The quantitative estimate of drug-likeness (QED) is 0.794. The van der Waals surface area contributed by atoms with Crippen LogP contribution in [0.4, 0.5) is 5.69 Å². The second kappa shape index (κ2) is 5.28. The number of anilines is 1. The molecule has 0 spiro atoms. The second-order valence-electron chi connectivity index (χ2n) is 5.80. The number of allylic oxidation sites excluding steroid dienone is 1. The molecule has 1 N–H and O–H groups in total. The van der Waals surface area contributed by atoms with E-state index in [4.69, 9.17) is 0 Å². The van der Waals surface area contributed by atoms with E-state index in [9.17, 15) is 0 Å². The van der Waals surface area contributed by atoms with E-state index in [0.29, 0.717) is 0 Å². The first-order valence-electron chi connectivity index (χ1n) is 6.88. The fourth-order valence-corrected chi connectivity index (χ4v) is 5.16. The molecule has 102 valence electrons. The fourth-order valence-electron chi connectivity index (χ4n) is 2.65. The van der Waals surface area contributed by atoms with Crippen molar-refractivity contribution in [2.24, 2.45) is 0 Å². The van der Waals surface area contributed by atoms with Crippen molar-refractivity contribution < 1.29 is 0 Å². The van der Waals surface area contributed by atoms with E-state index >= 15 is 0 Å². The van der Waals surface area contributed by atoms with Crippen LogP contribution in [0, 0.1) is 0 Å². The number of fused-ring (bicyclic) bond motifs is 1. The molecule has 1 aliphatic heterocycles. The molecule has 2 aromatic carbocycles. The number of hydrogen-bond acceptors (Lipinski definition) is 1. The van der Waals surface area contributed by atoms with Gasteiger partial charge in [0.2, 0.25) is 0 Å². The minimum atomic E-state index is -0.283. The van der Waals surface area contributed by atoms with E-state index in [1.807, 2.05) is 0 Å². The van der Waals surface area contributed by atoms with Gasteiger partial charge in [0, 0.05) is 0 Å². The molecule has 0 amide bonds. The molecule has 0 aromatic heterocycles. The van der Waals surface area contributed by atoms with E-state index < -0.39 is 0 Å². The van der Waals surface area contributed by atoms with Crippen LogP contribution in [0.3, 0.4) is 0 Å². The maximum absolute atomic E-state index is 3.60. The molecule has 0 fully saturated rings. The Kier molecular flexibility index (Phi) is 3.63. The summed E-state index contributed by atoms with van der Waals surface area (Å²) in [4.78, 5) is 0. The second-order valence-corrected chi connectivity index (χ2v) is 9.07. The van der Waals surface area contributed by atoms with Crippen LogP contribution in [0.5, 0.6) is 0 Å². The zero-order chi connectivity index (χ0) is 14.2. The van der Waals surface area contributed by atoms with Crippen molar-refractivity contribution in [3.63, 3.8) is 0 Å². The number of nitrogens with one attached hydrogen (secondary N) is 1. The Hall–Kier alpha value is -1.23. The first-order valence-corrected chi connectivity index (χ1v) is 9.21. The summed E-state index contributed by atoms with van der Waals surface area (Å²) in [6, 6.07) is 17.7. The van der Waals surface area contributed by atoms with Crippen LogP contribution < -0.4 is 12.5 Å². The standard InChI is InChI=1S/C18H19NTe/c1-13-12-18(2,3)19-17-10-9-15(11-16(13)17)20-14-7-5-4-6-8-14/h4-12,19H,1-3H3. The van der Waals surface area contributed by atoms with Gasteiger partial charge in [-0.3, -0.25) is 0 Å². The van der Waals surface area contributed by atoms with Crippen LogP contribution in [0.25, 0.3) is 5.57 Å². The molecule has 1 heterocycles. The van der Waals surface area contributed by atoms with Crippen LogP contribution in [0.2, 0.25) is 0 Å². The molecule has 0 radical (unpaired) electrons. The van der Waals surface area contributed by atoms with Gasteiger partial charge in [-0.2, -0.15) is 0 Å². The topological polar surface area (TPSA) is 12.0 Å². The summed E-state index contributed by atoms with van der Waals surface area (Å²) in [6.45, 7) is 6.64. The van der Waals surface area contributed by atoms with Crippen molar-refractivity contribution in [1.82, 2.24) is 0 Å². The number of benzene rings is 2. The molecule has 20 heavy (non-hydrogen) atoms. The predicted molar refractivity (Wildman–Crippen MR) is 89.3 cm³/mol. The molecule has 0 bridgehead atoms. The molecule has 0 atom stereocenters. The molecule has 0 unspecified atom stereocenters. The SMILES string of the molecule is CC1=CC(C)(C)Nc2ccc([Te]c3ccccc3)cc21. The van der Waals surface area contributed by atoms with Crippen LogP contribution >= 0.6 is 0 Å². The average Bonchev–Trinajstić information content (AvgIpc) is 2.40. The molecule has 2 heteroatoms. The minimum absolute atomic E-state index is 0.0503. The van der Waals surface area contributed by atoms with Crippen molar-refractivity contribution in [3.8, 4) is 0 Å². The predicted octanol–water partition coefficient (Wildman–Crippen LogP) is 2.95. The van der Waals surface area contributed by atoms with Crippen molar-refractivity contribution in [2.45, 2.75) is 26.3 Å². The third kappa shape index (κ3) is 2.92. The number of hydrogen-bond donors (Lipinski definition) is 1. The van der Waals surface area contributed by atoms with Crippen molar-refractivity contribution in [3.05, 3.63) is 60.2 Å². The summed E-state index contributed by atoms with van der Waals surface area (Å²) in [7, 11) is 0. The normalized spacial score (nSPS) is 16.1. The molecular weight excluding hydrogens is 358 g/mol. The average molecular weight is 377 g/mol. The van der Waals surface area contributed by atoms with Gasteiger partial charge in [-0.05, 0) is 0 Å². The molecule has 0 saturated carbocycles. The van der Waals surface area contributed by atoms with Crippen molar-refractivity contribution in [2.75, 3.05) is 5.32 Å². The van der Waals surface area contributed by atoms with Crippen molar-refractivity contribution in [1.29, 1.82) is 0 Å². The van der Waals surface area contributed by atoms with Gasteiger partial charge in [0.25, 0.3) is 0 Å². The van der Waals surface area contributed by atoms with E-state index in [0.717, 1.165) is 0 Å². The Balaban J connectivity index is 1.93. The summed E-state index contributed by atoms with van der Waals surface area (Å²) in [5.41, 5.74) is 4.06. The monoisotopic (exact) mass is 379 g/mol. The summed E-state index contributed by atoms with van der Waals surface area (Å²) >= 11 is -0.283. The Bertz CT molecular complexity index is 656. The zero-order valence-corrected chi connectivity index (χ0v) is 14.4. The summed E-state index contributed by atoms with van der Waals surface area (Å²) in [6.07, 6.45) is 2.32. The van der Waals surface area contributed by atoms with E-state index in [2.05, 4.69) is 80.7 Å². The number of rotatable bonds is 2. The van der Waals surface area contributed by atoms with Gasteiger partial charge in [0.1, 0.15) is 0 Å². The third-order valence-electron chi connectivity index (χ3n) is 3.43. The summed E-state index contributed by atoms with van der Waals surface area (Å²) in [5.74, 6) is 0. The van der Waals surface area contributed by atoms with Gasteiger partial charge in [0.15, 0.2) is 0 Å². The van der Waals surface area contributed by atoms with Gasteiger partial charge < -0.3 is 0 Å². The van der Waals surface area contributed by atoms with Gasteiger partial charge in [-0.25, -0.2) is 0 Å². The summed E-state index contributed by atoms with van der Waals surface area (Å²) in [5, 5.41) is 3.60. The Labute approximate surface area is 131 Å². The molecule has 0 aliphatic carbocycles. The van der Waals surface area contributed by atoms with Gasteiger partial charge in [0.05, 0.1) is 0 Å². The maximum atomic E-state index is 3.60. The van der Waals surface area contributed by atoms with Gasteiger partial charge >= 0.3 is 131 Å². The van der Waals surface area contributed by atoms with Crippen LogP contribution in [0.15, 0.2) is 54.6 Å². The molecule has 1 aliphatic rings. The molecular formula is C18H19NTe.